The molecule has 0 radical (unpaired) electrons. The largest absolute Gasteiger partial charge is 0.486 e. The molecule has 0 aromatic heterocycles. The predicted molar refractivity (Wildman–Crippen MR) is 142 cm³/mol. The molecule has 4 aliphatic heterocycles. The van der Waals surface area contributed by atoms with Crippen molar-refractivity contribution in [2.75, 3.05) is 18.1 Å². The van der Waals surface area contributed by atoms with Gasteiger partial charge in [-0.15, -0.1) is 0 Å². The van der Waals surface area contributed by atoms with Gasteiger partial charge in [-0.05, 0) is 47.5 Å². The minimum atomic E-state index is -0.924. The fourth-order valence-electron chi connectivity index (χ4n) is 6.13. The molecule has 1 unspecified atom stereocenters. The Hall–Kier alpha value is -3.81. The van der Waals surface area contributed by atoms with Crippen LogP contribution < -0.4 is 14.4 Å². The van der Waals surface area contributed by atoms with Crippen molar-refractivity contribution in [1.82, 2.24) is 4.90 Å². The number of Topliss-reactive ketones (excluding diaryl/α,β-unsaturated/α-hetero) is 1. The van der Waals surface area contributed by atoms with Gasteiger partial charge in [0.2, 0.25) is 11.8 Å². The highest BCUT2D eigenvalue weighted by Crippen LogP contribution is 2.54. The van der Waals surface area contributed by atoms with Crippen molar-refractivity contribution < 1.29 is 23.9 Å². The number of amides is 2. The molecule has 38 heavy (non-hydrogen) atoms. The van der Waals surface area contributed by atoms with E-state index in [0.29, 0.717) is 35.4 Å². The number of ketones is 1. The van der Waals surface area contributed by atoms with Gasteiger partial charge in [-0.1, -0.05) is 47.5 Å². The number of anilines is 1. The van der Waals surface area contributed by atoms with Gasteiger partial charge in [-0.25, -0.2) is 4.90 Å². The van der Waals surface area contributed by atoms with Crippen LogP contribution in [0.1, 0.15) is 27.5 Å². The molecular weight excluding hydrogens is 527 g/mol. The maximum absolute atomic E-state index is 14.1. The van der Waals surface area contributed by atoms with E-state index >= 15 is 0 Å². The average Bonchev–Trinajstić information content (AvgIpc) is 3.40. The quantitative estimate of drug-likeness (QED) is 0.333. The first-order chi connectivity index (χ1) is 18.4. The Balaban J connectivity index is 1.36. The van der Waals surface area contributed by atoms with Gasteiger partial charge in [0.15, 0.2) is 17.3 Å². The number of hydrogen-bond acceptors (Lipinski definition) is 6. The lowest BCUT2D eigenvalue weighted by molar-refractivity contribution is -0.123. The van der Waals surface area contributed by atoms with E-state index in [-0.39, 0.29) is 22.3 Å². The summed E-state index contributed by atoms with van der Waals surface area (Å²) >= 11 is 12.5. The number of rotatable bonds is 3. The van der Waals surface area contributed by atoms with Crippen molar-refractivity contribution in [1.29, 1.82) is 0 Å². The summed E-state index contributed by atoms with van der Waals surface area (Å²) in [5.41, 5.74) is 2.49. The first-order valence-corrected chi connectivity index (χ1v) is 13.0. The van der Waals surface area contributed by atoms with Crippen molar-refractivity contribution in [3.63, 3.8) is 0 Å². The van der Waals surface area contributed by atoms with Crippen molar-refractivity contribution in [2.24, 2.45) is 11.8 Å². The maximum atomic E-state index is 14.1. The van der Waals surface area contributed by atoms with Gasteiger partial charge >= 0.3 is 0 Å². The highest BCUT2D eigenvalue weighted by molar-refractivity contribution is 6.37. The van der Waals surface area contributed by atoms with Crippen LogP contribution in [-0.2, 0) is 9.59 Å². The Morgan fingerprint density at radius 2 is 1.63 bits per heavy atom. The third kappa shape index (κ3) is 3.32. The first-order valence-electron chi connectivity index (χ1n) is 12.3. The van der Waals surface area contributed by atoms with Crippen LogP contribution in [0.2, 0.25) is 10.0 Å². The second-order valence-corrected chi connectivity index (χ2v) is 10.5. The van der Waals surface area contributed by atoms with Crippen LogP contribution in [0, 0.1) is 11.8 Å². The summed E-state index contributed by atoms with van der Waals surface area (Å²) in [6, 6.07) is 16.0. The summed E-state index contributed by atoms with van der Waals surface area (Å²) in [5.74, 6) is -1.76. The van der Waals surface area contributed by atoms with Crippen molar-refractivity contribution in [3.05, 3.63) is 93.6 Å². The average molecular weight is 547 g/mol. The van der Waals surface area contributed by atoms with Gasteiger partial charge in [-0.2, -0.15) is 0 Å². The molecule has 4 atom stereocenters. The van der Waals surface area contributed by atoms with Crippen LogP contribution in [0.15, 0.2) is 66.9 Å². The van der Waals surface area contributed by atoms with Gasteiger partial charge < -0.3 is 14.4 Å². The van der Waals surface area contributed by atoms with E-state index in [9.17, 15) is 14.4 Å². The summed E-state index contributed by atoms with van der Waals surface area (Å²) in [6.45, 7) is 0.807. The standard InChI is InChI=1S/C29H20Cl2N2O5/c30-16-5-7-19(20(31)13-16)27(34)26-24-23(25-18-4-2-1-3-15(18)9-10-32(25)26)28(35)33(29(24)36)17-6-8-21-22(14-17)38-12-11-37-21/h1-10,13-14,23-26H,11-12H2/t23-,24+,25?,26-/m0/s1. The molecule has 4 heterocycles. The van der Waals surface area contributed by atoms with Crippen LogP contribution in [0.25, 0.3) is 6.08 Å². The zero-order valence-electron chi connectivity index (χ0n) is 19.8. The number of fused-ring (bicyclic) bond motifs is 6. The lowest BCUT2D eigenvalue weighted by atomic mass is 9.83. The number of nitrogens with zero attached hydrogens (tertiary/aromatic N) is 2. The van der Waals surface area contributed by atoms with Gasteiger partial charge in [0, 0.05) is 22.9 Å². The fraction of sp³-hybridized carbons (Fsp3) is 0.207. The second-order valence-electron chi connectivity index (χ2n) is 9.66. The number of carbonyl (C=O) groups excluding carboxylic acids is 3. The summed E-state index contributed by atoms with van der Waals surface area (Å²) in [7, 11) is 0. The second kappa shape index (κ2) is 8.61. The van der Waals surface area contributed by atoms with Gasteiger partial charge in [-0.3, -0.25) is 14.4 Å². The molecule has 7 rings (SSSR count). The topological polar surface area (TPSA) is 76.1 Å². The molecule has 7 nitrogen and oxygen atoms in total. The van der Waals surface area contributed by atoms with Crippen LogP contribution in [-0.4, -0.2) is 41.8 Å². The molecule has 0 bridgehead atoms. The lowest BCUT2D eigenvalue weighted by Gasteiger charge is -2.35. The van der Waals surface area contributed by atoms with E-state index in [0.717, 1.165) is 11.1 Å². The first kappa shape index (κ1) is 23.3. The van der Waals surface area contributed by atoms with Gasteiger partial charge in [0.1, 0.15) is 19.3 Å². The predicted octanol–water partition coefficient (Wildman–Crippen LogP) is 5.16. The number of benzene rings is 3. The Kier molecular flexibility index (Phi) is 5.29. The van der Waals surface area contributed by atoms with E-state index in [1.54, 1.807) is 30.3 Å². The minimum absolute atomic E-state index is 0.198. The molecular formula is C29H20Cl2N2O5. The third-order valence-electron chi connectivity index (χ3n) is 7.71. The van der Waals surface area contributed by atoms with Gasteiger partial charge in [0.05, 0.1) is 28.6 Å². The van der Waals surface area contributed by atoms with Crippen molar-refractivity contribution in [3.8, 4) is 11.5 Å². The molecule has 0 aliphatic carbocycles. The van der Waals surface area contributed by atoms with Crippen LogP contribution in [0.5, 0.6) is 11.5 Å². The molecule has 2 amide bonds. The van der Waals surface area contributed by atoms with Crippen LogP contribution >= 0.6 is 23.2 Å². The van der Waals surface area contributed by atoms with Crippen molar-refractivity contribution >= 4 is 52.6 Å². The molecule has 0 N–H and O–H groups in total. The molecule has 190 valence electrons. The minimum Gasteiger partial charge on any atom is -0.486 e. The normalized spacial score (nSPS) is 24.8. The van der Waals surface area contributed by atoms with Crippen molar-refractivity contribution in [2.45, 2.75) is 12.1 Å². The Bertz CT molecular complexity index is 1570. The molecule has 3 aromatic carbocycles. The zero-order valence-corrected chi connectivity index (χ0v) is 21.4. The summed E-state index contributed by atoms with van der Waals surface area (Å²) < 4.78 is 11.3. The summed E-state index contributed by atoms with van der Waals surface area (Å²) in [4.78, 5) is 45.2. The van der Waals surface area contributed by atoms with E-state index < -0.39 is 29.8 Å². The van der Waals surface area contributed by atoms with E-state index in [1.165, 1.54) is 11.0 Å². The molecule has 2 fully saturated rings. The Morgan fingerprint density at radius 1 is 0.868 bits per heavy atom. The SMILES string of the molecule is O=C(c1ccc(Cl)cc1Cl)[C@@H]1[C@@H]2C(=O)N(c3ccc4c(c3)OCCO4)C(=O)[C@@H]2C2c3ccccc3C=CN21. The molecule has 0 spiro atoms. The monoisotopic (exact) mass is 546 g/mol. The lowest BCUT2D eigenvalue weighted by Crippen LogP contribution is -2.44. The fourth-order valence-corrected chi connectivity index (χ4v) is 6.63. The molecule has 9 heteroatoms. The Morgan fingerprint density at radius 3 is 2.45 bits per heavy atom. The summed E-state index contributed by atoms with van der Waals surface area (Å²) in [5, 5.41) is 0.599. The molecule has 0 saturated carbocycles. The molecule has 4 aliphatic rings. The molecule has 2 saturated heterocycles. The van der Waals surface area contributed by atoms with E-state index in [1.807, 2.05) is 41.4 Å². The number of ether oxygens (including phenoxy) is 2. The van der Waals surface area contributed by atoms with Crippen LogP contribution in [0.3, 0.4) is 0 Å². The highest BCUT2D eigenvalue weighted by Gasteiger charge is 2.64. The number of carbonyl (C=O) groups is 3. The van der Waals surface area contributed by atoms with Crippen LogP contribution in [0.4, 0.5) is 5.69 Å². The van der Waals surface area contributed by atoms with Gasteiger partial charge in [0.25, 0.3) is 0 Å². The highest BCUT2D eigenvalue weighted by atomic mass is 35.5. The number of hydrogen-bond donors (Lipinski definition) is 0. The smallest absolute Gasteiger partial charge is 0.240 e. The van der Waals surface area contributed by atoms with E-state index in [4.69, 9.17) is 32.7 Å². The number of imide groups is 1. The molecule has 3 aromatic rings. The Labute approximate surface area is 228 Å². The summed E-state index contributed by atoms with van der Waals surface area (Å²) in [6.07, 6.45) is 3.72. The van der Waals surface area contributed by atoms with E-state index in [2.05, 4.69) is 0 Å². The zero-order chi connectivity index (χ0) is 26.1. The maximum Gasteiger partial charge on any atom is 0.240 e. The third-order valence-corrected chi connectivity index (χ3v) is 8.26. The number of halogens is 2.